The molecule has 0 unspecified atom stereocenters. The molecule has 0 spiro atoms. The first-order chi connectivity index (χ1) is 16.5. The lowest BCUT2D eigenvalue weighted by atomic mass is 10.1. The maximum absolute atomic E-state index is 14.5. The molecule has 5 rings (SSSR count). The van der Waals surface area contributed by atoms with Crippen molar-refractivity contribution in [2.24, 2.45) is 0 Å². The van der Waals surface area contributed by atoms with Crippen LogP contribution in [0.4, 0.5) is 15.9 Å². The number of carbonyl (C=O) groups excluding carboxylic acids is 1. The number of pyridine rings is 1. The number of halogens is 1. The average Bonchev–Trinajstić information content (AvgIpc) is 3.26. The van der Waals surface area contributed by atoms with Crippen LogP contribution in [-0.4, -0.2) is 66.3 Å². The summed E-state index contributed by atoms with van der Waals surface area (Å²) < 4.78 is 19.9. The van der Waals surface area contributed by atoms with Crippen LogP contribution in [0.2, 0.25) is 0 Å². The molecule has 8 nitrogen and oxygen atoms in total. The molecule has 0 bridgehead atoms. The highest BCUT2D eigenvalue weighted by Crippen LogP contribution is 2.33. The standard InChI is InChI=1S/C25H25FN6O2/c1-31-10-12-32(13-11-31)17-8-6-16(7-9-17)25(33)28-24-18-14-20(27-15-21(18)29-30-24)23-19(26)4-3-5-22(23)34-2/h3-9,14-15H,10-13H2,1-2H3,(H2,28,29,30,33). The zero-order chi connectivity index (χ0) is 23.7. The predicted octanol–water partition coefficient (Wildman–Crippen LogP) is 3.78. The van der Waals surface area contributed by atoms with Gasteiger partial charge in [-0.3, -0.25) is 14.9 Å². The van der Waals surface area contributed by atoms with E-state index in [1.165, 1.54) is 13.2 Å². The molecule has 0 atom stereocenters. The van der Waals surface area contributed by atoms with Gasteiger partial charge in [-0.15, -0.1) is 0 Å². The minimum Gasteiger partial charge on any atom is -0.496 e. The summed E-state index contributed by atoms with van der Waals surface area (Å²) in [7, 11) is 3.60. The normalized spacial score (nSPS) is 14.4. The van der Waals surface area contributed by atoms with E-state index in [1.807, 2.05) is 24.3 Å². The van der Waals surface area contributed by atoms with Crippen LogP contribution < -0.4 is 15.0 Å². The predicted molar refractivity (Wildman–Crippen MR) is 130 cm³/mol. The van der Waals surface area contributed by atoms with Gasteiger partial charge in [0.15, 0.2) is 5.82 Å². The smallest absolute Gasteiger partial charge is 0.256 e. The van der Waals surface area contributed by atoms with Gasteiger partial charge >= 0.3 is 0 Å². The number of nitrogens with one attached hydrogen (secondary N) is 2. The highest BCUT2D eigenvalue weighted by atomic mass is 19.1. The highest BCUT2D eigenvalue weighted by molar-refractivity contribution is 6.08. The molecule has 0 radical (unpaired) electrons. The van der Waals surface area contributed by atoms with Crippen molar-refractivity contribution in [3.63, 3.8) is 0 Å². The van der Waals surface area contributed by atoms with Gasteiger partial charge in [0.1, 0.15) is 11.6 Å². The number of aromatic amines is 1. The van der Waals surface area contributed by atoms with Crippen LogP contribution in [0.15, 0.2) is 54.7 Å². The summed E-state index contributed by atoms with van der Waals surface area (Å²) in [6.45, 7) is 3.96. The molecule has 1 fully saturated rings. The van der Waals surface area contributed by atoms with Crippen LogP contribution in [0.5, 0.6) is 5.75 Å². The van der Waals surface area contributed by atoms with Crippen LogP contribution in [0, 0.1) is 5.82 Å². The monoisotopic (exact) mass is 460 g/mol. The second-order valence-corrected chi connectivity index (χ2v) is 8.30. The van der Waals surface area contributed by atoms with Crippen LogP contribution in [0.3, 0.4) is 0 Å². The van der Waals surface area contributed by atoms with Crippen LogP contribution >= 0.6 is 0 Å². The van der Waals surface area contributed by atoms with Crippen LogP contribution in [-0.2, 0) is 0 Å². The fourth-order valence-electron chi connectivity index (χ4n) is 4.14. The SMILES string of the molecule is COc1cccc(F)c1-c1cc2c(NC(=O)c3ccc(N4CCN(C)CC4)cc3)n[nH]c2cn1. The van der Waals surface area contributed by atoms with E-state index in [2.05, 4.69) is 37.3 Å². The summed E-state index contributed by atoms with van der Waals surface area (Å²) in [5, 5.41) is 10.6. The molecule has 2 N–H and O–H groups in total. The number of hydrogen-bond donors (Lipinski definition) is 2. The fraction of sp³-hybridized carbons (Fsp3) is 0.240. The molecule has 0 saturated carbocycles. The Hall–Kier alpha value is -3.98. The van der Waals surface area contributed by atoms with Crippen molar-refractivity contribution in [3.05, 3.63) is 66.1 Å². The van der Waals surface area contributed by atoms with Gasteiger partial charge in [0, 0.05) is 42.8 Å². The number of ether oxygens (including phenoxy) is 1. The van der Waals surface area contributed by atoms with E-state index >= 15 is 0 Å². The Morgan fingerprint density at radius 1 is 1.12 bits per heavy atom. The number of methoxy groups -OCH3 is 1. The molecule has 174 valence electrons. The lowest BCUT2D eigenvalue weighted by Crippen LogP contribution is -2.44. The molecule has 1 aliphatic rings. The second kappa shape index (κ2) is 9.11. The number of fused-ring (bicyclic) bond motifs is 1. The Morgan fingerprint density at radius 3 is 2.62 bits per heavy atom. The molecule has 1 amide bonds. The molecule has 4 aromatic rings. The van der Waals surface area contributed by atoms with Gasteiger partial charge in [-0.1, -0.05) is 6.07 Å². The Balaban J connectivity index is 1.38. The average molecular weight is 461 g/mol. The summed E-state index contributed by atoms with van der Waals surface area (Å²) in [4.78, 5) is 21.9. The van der Waals surface area contributed by atoms with Crippen molar-refractivity contribution in [2.45, 2.75) is 0 Å². The third-order valence-corrected chi connectivity index (χ3v) is 6.13. The number of nitrogens with zero attached hydrogens (tertiary/aromatic N) is 4. The largest absolute Gasteiger partial charge is 0.496 e. The summed E-state index contributed by atoms with van der Waals surface area (Å²) in [6, 6.07) is 13.9. The lowest BCUT2D eigenvalue weighted by Gasteiger charge is -2.34. The fourth-order valence-corrected chi connectivity index (χ4v) is 4.14. The number of aromatic nitrogens is 3. The lowest BCUT2D eigenvalue weighted by molar-refractivity contribution is 0.102. The van der Waals surface area contributed by atoms with Crippen molar-refractivity contribution in [1.29, 1.82) is 0 Å². The molecule has 0 aliphatic carbocycles. The third kappa shape index (κ3) is 4.17. The van der Waals surface area contributed by atoms with E-state index in [0.717, 1.165) is 31.9 Å². The highest BCUT2D eigenvalue weighted by Gasteiger charge is 2.18. The van der Waals surface area contributed by atoms with Crippen molar-refractivity contribution in [2.75, 3.05) is 50.6 Å². The number of piperazine rings is 1. The van der Waals surface area contributed by atoms with E-state index in [4.69, 9.17) is 4.74 Å². The molecule has 3 heterocycles. The minimum absolute atomic E-state index is 0.255. The Labute approximate surface area is 196 Å². The molecule has 1 saturated heterocycles. The summed E-state index contributed by atoms with van der Waals surface area (Å²) in [5.74, 6) is 0.00403. The van der Waals surface area contributed by atoms with Gasteiger partial charge in [0.25, 0.3) is 5.91 Å². The maximum Gasteiger partial charge on any atom is 0.256 e. The van der Waals surface area contributed by atoms with Crippen LogP contribution in [0.1, 0.15) is 10.4 Å². The number of H-pyrrole nitrogens is 1. The van der Waals surface area contributed by atoms with Gasteiger partial charge in [-0.05, 0) is 49.5 Å². The number of likely N-dealkylation sites (N-methyl/N-ethyl adjacent to an activating group) is 1. The van der Waals surface area contributed by atoms with Gasteiger partial charge in [0.2, 0.25) is 0 Å². The van der Waals surface area contributed by atoms with E-state index in [9.17, 15) is 9.18 Å². The van der Waals surface area contributed by atoms with Crippen molar-refractivity contribution in [3.8, 4) is 17.0 Å². The topological polar surface area (TPSA) is 86.4 Å². The first-order valence-corrected chi connectivity index (χ1v) is 11.1. The van der Waals surface area contributed by atoms with E-state index in [0.29, 0.717) is 33.7 Å². The van der Waals surface area contributed by atoms with Gasteiger partial charge in [-0.25, -0.2) is 4.39 Å². The second-order valence-electron chi connectivity index (χ2n) is 8.30. The summed E-state index contributed by atoms with van der Waals surface area (Å²) in [6.07, 6.45) is 1.56. The molecular formula is C25H25FN6O2. The summed E-state index contributed by atoms with van der Waals surface area (Å²) >= 11 is 0. The molecule has 2 aromatic carbocycles. The molecule has 34 heavy (non-hydrogen) atoms. The van der Waals surface area contributed by atoms with Crippen molar-refractivity contribution in [1.82, 2.24) is 20.1 Å². The van der Waals surface area contributed by atoms with Gasteiger partial charge in [-0.2, -0.15) is 5.10 Å². The Bertz CT molecular complexity index is 1330. The maximum atomic E-state index is 14.5. The van der Waals surface area contributed by atoms with E-state index in [-0.39, 0.29) is 11.5 Å². The number of benzene rings is 2. The van der Waals surface area contributed by atoms with E-state index < -0.39 is 5.82 Å². The first kappa shape index (κ1) is 21.8. The third-order valence-electron chi connectivity index (χ3n) is 6.13. The van der Waals surface area contributed by atoms with Gasteiger partial charge < -0.3 is 19.9 Å². The number of rotatable bonds is 5. The quantitative estimate of drug-likeness (QED) is 0.472. The molecule has 9 heteroatoms. The zero-order valence-electron chi connectivity index (χ0n) is 19.0. The van der Waals surface area contributed by atoms with Crippen LogP contribution in [0.25, 0.3) is 22.2 Å². The zero-order valence-corrected chi connectivity index (χ0v) is 19.0. The molecule has 2 aromatic heterocycles. The van der Waals surface area contributed by atoms with Crippen molar-refractivity contribution < 1.29 is 13.9 Å². The molecule has 1 aliphatic heterocycles. The number of anilines is 2. The first-order valence-electron chi connectivity index (χ1n) is 11.1. The minimum atomic E-state index is -0.444. The number of carbonyl (C=O) groups is 1. The Kier molecular flexibility index (Phi) is 5.85. The van der Waals surface area contributed by atoms with E-state index in [1.54, 1.807) is 24.4 Å². The number of hydrogen-bond acceptors (Lipinski definition) is 6. The van der Waals surface area contributed by atoms with Crippen molar-refractivity contribution >= 4 is 28.3 Å². The van der Waals surface area contributed by atoms with Gasteiger partial charge in [0.05, 0.1) is 30.1 Å². The summed E-state index contributed by atoms with van der Waals surface area (Å²) in [5.41, 5.74) is 2.89. The Morgan fingerprint density at radius 2 is 1.88 bits per heavy atom. The molecular weight excluding hydrogens is 435 g/mol. The number of amides is 1.